The van der Waals surface area contributed by atoms with Crippen LogP contribution in [0.15, 0.2) is 24.3 Å². The molecule has 0 aromatic heterocycles. The molecule has 1 saturated heterocycles. The second kappa shape index (κ2) is 4.90. The van der Waals surface area contributed by atoms with Gasteiger partial charge in [0, 0.05) is 19.6 Å². The molecule has 3 nitrogen and oxygen atoms in total. The van der Waals surface area contributed by atoms with E-state index >= 15 is 0 Å². The average molecular weight is 247 g/mol. The molecule has 3 rings (SSSR count). The fraction of sp³-hybridized carbons (Fsp3) is 0.600. The first-order valence-corrected chi connectivity index (χ1v) is 6.84. The molecule has 1 aliphatic carbocycles. The molecule has 2 aliphatic rings. The van der Waals surface area contributed by atoms with E-state index in [0.29, 0.717) is 12.0 Å². The summed E-state index contributed by atoms with van der Waals surface area (Å²) in [7, 11) is 0. The van der Waals surface area contributed by atoms with Crippen molar-refractivity contribution in [3.63, 3.8) is 0 Å². The maximum atomic E-state index is 9.85. The molecule has 0 amide bonds. The van der Waals surface area contributed by atoms with Crippen molar-refractivity contribution in [3.8, 4) is 5.75 Å². The molecule has 3 heteroatoms. The van der Waals surface area contributed by atoms with E-state index in [0.717, 1.165) is 25.4 Å². The van der Waals surface area contributed by atoms with Gasteiger partial charge in [0.15, 0.2) is 0 Å². The van der Waals surface area contributed by atoms with Crippen molar-refractivity contribution in [1.82, 2.24) is 4.90 Å². The van der Waals surface area contributed by atoms with Crippen LogP contribution in [0.25, 0.3) is 0 Å². The Bertz CT molecular complexity index is 411. The Kier molecular flexibility index (Phi) is 3.27. The van der Waals surface area contributed by atoms with Gasteiger partial charge in [0.25, 0.3) is 0 Å². The van der Waals surface area contributed by atoms with Crippen molar-refractivity contribution in [3.05, 3.63) is 29.8 Å². The number of nitrogens with zero attached hydrogens (tertiary/aromatic N) is 1. The number of hydrogen-bond donors (Lipinski definition) is 1. The van der Waals surface area contributed by atoms with Crippen molar-refractivity contribution in [1.29, 1.82) is 0 Å². The number of aliphatic hydroxyl groups excluding tert-OH is 1. The number of likely N-dealkylation sites (tertiary alicyclic amines) is 1. The van der Waals surface area contributed by atoms with Crippen LogP contribution in [0.5, 0.6) is 5.75 Å². The third-order valence-corrected chi connectivity index (χ3v) is 3.83. The van der Waals surface area contributed by atoms with Crippen LogP contribution in [0.4, 0.5) is 0 Å². The van der Waals surface area contributed by atoms with Gasteiger partial charge in [0.2, 0.25) is 0 Å². The predicted molar refractivity (Wildman–Crippen MR) is 70.8 cm³/mol. The highest BCUT2D eigenvalue weighted by Crippen LogP contribution is 2.33. The summed E-state index contributed by atoms with van der Waals surface area (Å²) in [5, 5.41) is 9.85. The normalized spacial score (nSPS) is 22.6. The van der Waals surface area contributed by atoms with E-state index in [-0.39, 0.29) is 6.10 Å². The van der Waals surface area contributed by atoms with Gasteiger partial charge in [0.05, 0.1) is 6.10 Å². The molecule has 18 heavy (non-hydrogen) atoms. The van der Waals surface area contributed by atoms with Gasteiger partial charge in [-0.2, -0.15) is 0 Å². The lowest BCUT2D eigenvalue weighted by molar-refractivity contribution is -0.0125. The number of ether oxygens (including phenoxy) is 1. The summed E-state index contributed by atoms with van der Waals surface area (Å²) >= 11 is 0. The molecule has 0 unspecified atom stereocenters. The number of β-amino-alcohol motifs (C(OH)–C–C–N with tert-alkyl or cyclic N) is 1. The zero-order valence-electron chi connectivity index (χ0n) is 10.9. The summed E-state index contributed by atoms with van der Waals surface area (Å²) in [4.78, 5) is 2.28. The van der Waals surface area contributed by atoms with E-state index in [1.807, 2.05) is 12.1 Å². The van der Waals surface area contributed by atoms with Gasteiger partial charge in [-0.25, -0.2) is 0 Å². The number of rotatable bonds is 5. The molecule has 1 atom stereocenters. The molecule has 0 spiro atoms. The van der Waals surface area contributed by atoms with Crippen molar-refractivity contribution in [2.75, 3.05) is 19.6 Å². The van der Waals surface area contributed by atoms with E-state index in [2.05, 4.69) is 24.0 Å². The van der Waals surface area contributed by atoms with Crippen LogP contribution in [0, 0.1) is 12.8 Å². The number of hydrogen-bond acceptors (Lipinski definition) is 3. The van der Waals surface area contributed by atoms with Crippen LogP contribution in [-0.4, -0.2) is 41.8 Å². The summed E-state index contributed by atoms with van der Waals surface area (Å²) in [5.41, 5.74) is 1.23. The van der Waals surface area contributed by atoms with E-state index in [9.17, 15) is 5.11 Å². The third kappa shape index (κ3) is 2.85. The first-order chi connectivity index (χ1) is 8.70. The molecule has 2 fully saturated rings. The van der Waals surface area contributed by atoms with E-state index in [1.54, 1.807) is 0 Å². The SMILES string of the molecule is Cc1cccc(OC2CN(C[C@H](O)C3CC3)C2)c1. The van der Waals surface area contributed by atoms with Gasteiger partial charge in [0.1, 0.15) is 11.9 Å². The van der Waals surface area contributed by atoms with Gasteiger partial charge >= 0.3 is 0 Å². The smallest absolute Gasteiger partial charge is 0.124 e. The molecule has 0 radical (unpaired) electrons. The fourth-order valence-electron chi connectivity index (χ4n) is 2.52. The Morgan fingerprint density at radius 3 is 2.83 bits per heavy atom. The zero-order valence-corrected chi connectivity index (χ0v) is 10.9. The first kappa shape index (κ1) is 12.0. The van der Waals surface area contributed by atoms with E-state index in [1.165, 1.54) is 18.4 Å². The minimum atomic E-state index is -0.120. The lowest BCUT2D eigenvalue weighted by atomic mass is 10.1. The molecular formula is C15H21NO2. The molecular weight excluding hydrogens is 226 g/mol. The van der Waals surface area contributed by atoms with Crippen LogP contribution < -0.4 is 4.74 Å². The Morgan fingerprint density at radius 2 is 2.17 bits per heavy atom. The Labute approximate surface area is 108 Å². The number of benzene rings is 1. The second-order valence-corrected chi connectivity index (χ2v) is 5.68. The fourth-order valence-corrected chi connectivity index (χ4v) is 2.52. The van der Waals surface area contributed by atoms with Crippen molar-refractivity contribution >= 4 is 0 Å². The highest BCUT2D eigenvalue weighted by Gasteiger charge is 2.35. The standard InChI is InChI=1S/C15H21NO2/c1-11-3-2-4-13(7-11)18-14-8-16(9-14)10-15(17)12-5-6-12/h2-4,7,12,14-15,17H,5-6,8-10H2,1H3/t15-/m0/s1. The largest absolute Gasteiger partial charge is 0.488 e. The first-order valence-electron chi connectivity index (χ1n) is 6.84. The van der Waals surface area contributed by atoms with Crippen molar-refractivity contribution in [2.24, 2.45) is 5.92 Å². The Morgan fingerprint density at radius 1 is 1.39 bits per heavy atom. The van der Waals surface area contributed by atoms with Crippen molar-refractivity contribution in [2.45, 2.75) is 32.0 Å². The predicted octanol–water partition coefficient (Wildman–Crippen LogP) is 1.83. The van der Waals surface area contributed by atoms with Crippen molar-refractivity contribution < 1.29 is 9.84 Å². The van der Waals surface area contributed by atoms with E-state index < -0.39 is 0 Å². The quantitative estimate of drug-likeness (QED) is 0.861. The van der Waals surface area contributed by atoms with Gasteiger partial charge in [-0.1, -0.05) is 12.1 Å². The summed E-state index contributed by atoms with van der Waals surface area (Å²) in [6.07, 6.45) is 2.58. The molecule has 1 aliphatic heterocycles. The highest BCUT2D eigenvalue weighted by molar-refractivity contribution is 5.27. The number of aliphatic hydroxyl groups is 1. The lowest BCUT2D eigenvalue weighted by Crippen LogP contribution is -2.55. The topological polar surface area (TPSA) is 32.7 Å². The molecule has 1 heterocycles. The summed E-state index contributed by atoms with van der Waals surface area (Å²) in [6.45, 7) is 4.78. The monoisotopic (exact) mass is 247 g/mol. The molecule has 1 aromatic carbocycles. The van der Waals surface area contributed by atoms with Crippen LogP contribution in [0.3, 0.4) is 0 Å². The maximum absolute atomic E-state index is 9.85. The Hall–Kier alpha value is -1.06. The minimum Gasteiger partial charge on any atom is -0.488 e. The lowest BCUT2D eigenvalue weighted by Gasteiger charge is -2.40. The molecule has 1 N–H and O–H groups in total. The second-order valence-electron chi connectivity index (χ2n) is 5.68. The average Bonchev–Trinajstić information content (AvgIpc) is 3.09. The van der Waals surface area contributed by atoms with Gasteiger partial charge < -0.3 is 9.84 Å². The van der Waals surface area contributed by atoms with Gasteiger partial charge in [-0.05, 0) is 43.4 Å². The zero-order chi connectivity index (χ0) is 12.5. The van der Waals surface area contributed by atoms with Crippen LogP contribution in [0.2, 0.25) is 0 Å². The highest BCUT2D eigenvalue weighted by atomic mass is 16.5. The molecule has 0 bridgehead atoms. The van der Waals surface area contributed by atoms with Crippen LogP contribution >= 0.6 is 0 Å². The number of aryl methyl sites for hydroxylation is 1. The van der Waals surface area contributed by atoms with Gasteiger partial charge in [-0.3, -0.25) is 4.90 Å². The third-order valence-electron chi connectivity index (χ3n) is 3.83. The Balaban J connectivity index is 1.42. The maximum Gasteiger partial charge on any atom is 0.124 e. The van der Waals surface area contributed by atoms with Crippen LogP contribution in [0.1, 0.15) is 18.4 Å². The van der Waals surface area contributed by atoms with Gasteiger partial charge in [-0.15, -0.1) is 0 Å². The van der Waals surface area contributed by atoms with Crippen LogP contribution in [-0.2, 0) is 0 Å². The minimum absolute atomic E-state index is 0.120. The summed E-state index contributed by atoms with van der Waals surface area (Å²) in [6, 6.07) is 8.18. The summed E-state index contributed by atoms with van der Waals surface area (Å²) < 4.78 is 5.90. The molecule has 1 aromatic rings. The molecule has 98 valence electrons. The molecule has 1 saturated carbocycles. The van der Waals surface area contributed by atoms with E-state index in [4.69, 9.17) is 4.74 Å². The summed E-state index contributed by atoms with van der Waals surface area (Å²) in [5.74, 6) is 1.53.